The van der Waals surface area contributed by atoms with E-state index in [4.69, 9.17) is 9.72 Å². The Balaban J connectivity index is 1.70. The number of rotatable bonds is 5. The quantitative estimate of drug-likeness (QED) is 0.352. The molecule has 0 spiro atoms. The summed E-state index contributed by atoms with van der Waals surface area (Å²) in [7, 11) is 1.66. The Kier molecular flexibility index (Phi) is 4.73. The van der Waals surface area contributed by atoms with Crippen molar-refractivity contribution in [1.29, 1.82) is 0 Å². The van der Waals surface area contributed by atoms with Crippen molar-refractivity contribution >= 4 is 37.5 Å². The van der Waals surface area contributed by atoms with Crippen LogP contribution in [-0.2, 0) is 0 Å². The van der Waals surface area contributed by atoms with Crippen LogP contribution in [0.4, 0.5) is 5.13 Å². The van der Waals surface area contributed by atoms with Crippen LogP contribution in [-0.4, -0.2) is 17.2 Å². The fraction of sp³-hybridized carbons (Fsp3) is 0.0800. The molecule has 0 saturated heterocycles. The predicted molar refractivity (Wildman–Crippen MR) is 124 cm³/mol. The average molecular weight is 413 g/mol. The van der Waals surface area contributed by atoms with E-state index in [-0.39, 0.29) is 11.8 Å². The Hall–Kier alpha value is -3.57. The topological polar surface area (TPSA) is 54.4 Å². The first-order valence-corrected chi connectivity index (χ1v) is 10.5. The lowest BCUT2D eigenvalue weighted by Crippen LogP contribution is -2.13. The molecule has 0 amide bonds. The Morgan fingerprint density at radius 2 is 1.77 bits per heavy atom. The molecule has 4 nitrogen and oxygen atoms in total. The highest BCUT2D eigenvalue weighted by atomic mass is 32.1. The molecule has 1 atom stereocenters. The highest BCUT2D eigenvalue weighted by Gasteiger charge is 2.22. The van der Waals surface area contributed by atoms with Gasteiger partial charge in [-0.3, -0.25) is 0 Å². The van der Waals surface area contributed by atoms with Gasteiger partial charge in [0, 0.05) is 5.56 Å². The van der Waals surface area contributed by atoms with Gasteiger partial charge in [0.05, 0.1) is 23.4 Å². The number of methoxy groups -OCH3 is 1. The number of aromatic nitrogens is 1. The highest BCUT2D eigenvalue weighted by Crippen LogP contribution is 2.39. The maximum absolute atomic E-state index is 10.9. The summed E-state index contributed by atoms with van der Waals surface area (Å²) in [4.78, 5) is 4.75. The third-order valence-electron chi connectivity index (χ3n) is 5.23. The third-order valence-corrected chi connectivity index (χ3v) is 6.19. The molecule has 148 valence electrons. The molecule has 5 aromatic rings. The van der Waals surface area contributed by atoms with Crippen LogP contribution < -0.4 is 10.1 Å². The van der Waals surface area contributed by atoms with E-state index in [0.717, 1.165) is 43.0 Å². The summed E-state index contributed by atoms with van der Waals surface area (Å²) in [5.74, 6) is 1.01. The molecule has 0 aliphatic carbocycles. The number of nitrogens with zero attached hydrogens (tertiary/aromatic N) is 1. The van der Waals surface area contributed by atoms with Gasteiger partial charge in [0.25, 0.3) is 0 Å². The van der Waals surface area contributed by atoms with Gasteiger partial charge in [0.2, 0.25) is 0 Å². The van der Waals surface area contributed by atoms with Crippen molar-refractivity contribution in [3.05, 3.63) is 96.1 Å². The maximum Gasteiger partial charge on any atom is 0.184 e. The number of hydrogen-bond acceptors (Lipinski definition) is 5. The van der Waals surface area contributed by atoms with Crippen molar-refractivity contribution in [2.75, 3.05) is 12.4 Å². The molecule has 30 heavy (non-hydrogen) atoms. The fourth-order valence-corrected chi connectivity index (χ4v) is 4.68. The molecule has 5 heteroatoms. The number of aromatic hydroxyl groups is 1. The Morgan fingerprint density at radius 1 is 0.933 bits per heavy atom. The number of benzene rings is 4. The number of phenolic OH excluding ortho intramolecular Hbond substituents is 1. The predicted octanol–water partition coefficient (Wildman–Crippen LogP) is 6.37. The minimum absolute atomic E-state index is 0.245. The molecule has 1 aromatic heterocycles. The van der Waals surface area contributed by atoms with Crippen molar-refractivity contribution in [3.8, 4) is 11.5 Å². The first kappa shape index (κ1) is 18.5. The van der Waals surface area contributed by atoms with Gasteiger partial charge in [0.15, 0.2) is 5.13 Å². The summed E-state index contributed by atoms with van der Waals surface area (Å²) >= 11 is 1.60. The van der Waals surface area contributed by atoms with E-state index in [0.29, 0.717) is 0 Å². The molecule has 4 aromatic carbocycles. The number of para-hydroxylation sites is 1. The van der Waals surface area contributed by atoms with Crippen molar-refractivity contribution in [3.63, 3.8) is 0 Å². The lowest BCUT2D eigenvalue weighted by molar-refractivity contribution is 0.414. The Bertz CT molecular complexity index is 1310. The molecule has 2 N–H and O–H groups in total. The zero-order chi connectivity index (χ0) is 20.5. The zero-order valence-corrected chi connectivity index (χ0v) is 17.2. The van der Waals surface area contributed by atoms with E-state index in [9.17, 15) is 5.11 Å². The summed E-state index contributed by atoms with van der Waals surface area (Å²) in [6.07, 6.45) is 0. The van der Waals surface area contributed by atoms with Crippen LogP contribution in [0.15, 0.2) is 84.9 Å². The van der Waals surface area contributed by atoms with Crippen molar-refractivity contribution < 1.29 is 9.84 Å². The second-order valence-corrected chi connectivity index (χ2v) is 8.09. The number of hydrogen-bond donors (Lipinski definition) is 2. The normalized spacial score (nSPS) is 12.2. The van der Waals surface area contributed by atoms with Gasteiger partial charge in [-0.1, -0.05) is 65.9 Å². The number of phenols is 1. The molecule has 1 heterocycles. The summed E-state index contributed by atoms with van der Waals surface area (Å²) in [6, 6.07) is 27.5. The monoisotopic (exact) mass is 412 g/mol. The molecular formula is C25H20N2O2S. The molecule has 0 aliphatic rings. The number of fused-ring (bicyclic) bond motifs is 2. The van der Waals surface area contributed by atoms with Gasteiger partial charge in [-0.2, -0.15) is 0 Å². The van der Waals surface area contributed by atoms with Crippen LogP contribution in [0, 0.1) is 0 Å². The SMILES string of the molecule is COc1cccc(C(Nc2nc3ccccc3s2)c2c(O)ccc3ccccc23)c1. The van der Waals surface area contributed by atoms with Crippen LogP contribution in [0.25, 0.3) is 21.0 Å². The summed E-state index contributed by atoms with van der Waals surface area (Å²) in [5.41, 5.74) is 2.76. The Labute approximate surface area is 178 Å². The Morgan fingerprint density at radius 3 is 2.63 bits per heavy atom. The molecule has 0 radical (unpaired) electrons. The summed E-state index contributed by atoms with van der Waals surface area (Å²) in [6.45, 7) is 0. The van der Waals surface area contributed by atoms with Crippen LogP contribution in [0.1, 0.15) is 17.2 Å². The number of thiazole rings is 1. The average Bonchev–Trinajstić information content (AvgIpc) is 3.20. The third kappa shape index (κ3) is 3.33. The van der Waals surface area contributed by atoms with Crippen LogP contribution in [0.3, 0.4) is 0 Å². The lowest BCUT2D eigenvalue weighted by atomic mass is 9.92. The molecule has 5 rings (SSSR count). The van der Waals surface area contributed by atoms with Gasteiger partial charge < -0.3 is 15.2 Å². The zero-order valence-electron chi connectivity index (χ0n) is 16.4. The molecule has 0 saturated carbocycles. The van der Waals surface area contributed by atoms with Crippen LogP contribution >= 0.6 is 11.3 Å². The lowest BCUT2D eigenvalue weighted by Gasteiger charge is -2.22. The van der Waals surface area contributed by atoms with Crippen LogP contribution in [0.2, 0.25) is 0 Å². The smallest absolute Gasteiger partial charge is 0.184 e. The minimum atomic E-state index is -0.299. The first-order chi connectivity index (χ1) is 14.7. The molecular weight excluding hydrogens is 392 g/mol. The largest absolute Gasteiger partial charge is 0.508 e. The number of anilines is 1. The van der Waals surface area contributed by atoms with Gasteiger partial charge in [-0.25, -0.2) is 4.98 Å². The van der Waals surface area contributed by atoms with E-state index < -0.39 is 0 Å². The minimum Gasteiger partial charge on any atom is -0.508 e. The van der Waals surface area contributed by atoms with Gasteiger partial charge in [-0.05, 0) is 46.7 Å². The van der Waals surface area contributed by atoms with Crippen molar-refractivity contribution in [2.45, 2.75) is 6.04 Å². The maximum atomic E-state index is 10.9. The van der Waals surface area contributed by atoms with Crippen molar-refractivity contribution in [1.82, 2.24) is 4.98 Å². The van der Waals surface area contributed by atoms with Gasteiger partial charge in [0.1, 0.15) is 11.5 Å². The second kappa shape index (κ2) is 7.69. The van der Waals surface area contributed by atoms with Gasteiger partial charge in [-0.15, -0.1) is 0 Å². The number of nitrogens with one attached hydrogen (secondary N) is 1. The van der Waals surface area contributed by atoms with E-state index in [1.807, 2.05) is 66.7 Å². The molecule has 1 unspecified atom stereocenters. The summed E-state index contributed by atoms with van der Waals surface area (Å²) in [5, 5.41) is 17.3. The van der Waals surface area contributed by atoms with E-state index >= 15 is 0 Å². The molecule has 0 fully saturated rings. The standard InChI is InChI=1S/C25H20N2O2S/c1-29-18-9-6-8-17(15-18)24(27-25-26-20-11-4-5-12-22(20)30-25)23-19-10-3-2-7-16(19)13-14-21(23)28/h2-15,24,28H,1H3,(H,26,27). The van der Waals surface area contributed by atoms with Crippen molar-refractivity contribution in [2.24, 2.45) is 0 Å². The van der Waals surface area contributed by atoms with E-state index in [2.05, 4.69) is 17.4 Å². The highest BCUT2D eigenvalue weighted by molar-refractivity contribution is 7.22. The van der Waals surface area contributed by atoms with E-state index in [1.165, 1.54) is 0 Å². The fourth-order valence-electron chi connectivity index (χ4n) is 3.79. The van der Waals surface area contributed by atoms with E-state index in [1.54, 1.807) is 24.5 Å². The van der Waals surface area contributed by atoms with Gasteiger partial charge >= 0.3 is 0 Å². The number of ether oxygens (including phenoxy) is 1. The van der Waals surface area contributed by atoms with Crippen LogP contribution in [0.5, 0.6) is 11.5 Å². The second-order valence-electron chi connectivity index (χ2n) is 7.06. The summed E-state index contributed by atoms with van der Waals surface area (Å²) < 4.78 is 6.57. The molecule has 0 aliphatic heterocycles. The first-order valence-electron chi connectivity index (χ1n) is 9.69. The molecule has 0 bridgehead atoms.